The van der Waals surface area contributed by atoms with Gasteiger partial charge < -0.3 is 9.72 Å². The number of H-pyrrole nitrogens is 1. The number of aromatic amines is 1. The molecule has 0 unspecified atom stereocenters. The van der Waals surface area contributed by atoms with Crippen molar-refractivity contribution < 1.29 is 9.53 Å². The molecule has 5 heteroatoms. The lowest BCUT2D eigenvalue weighted by Gasteiger charge is -2.05. The van der Waals surface area contributed by atoms with E-state index >= 15 is 0 Å². The van der Waals surface area contributed by atoms with Crippen molar-refractivity contribution in [2.24, 2.45) is 0 Å². The minimum absolute atomic E-state index is 0.0249. The van der Waals surface area contributed by atoms with Crippen molar-refractivity contribution in [3.63, 3.8) is 0 Å². The van der Waals surface area contributed by atoms with Gasteiger partial charge in [-0.25, -0.2) is 9.78 Å². The number of aromatic nitrogens is 2. The van der Waals surface area contributed by atoms with Gasteiger partial charge in [-0.3, -0.25) is 4.79 Å². The second-order valence-electron chi connectivity index (χ2n) is 3.38. The van der Waals surface area contributed by atoms with Crippen LogP contribution in [0.4, 0.5) is 0 Å². The summed E-state index contributed by atoms with van der Waals surface area (Å²) in [5.41, 5.74) is 0.221. The maximum atomic E-state index is 11.3. The Bertz CT molecular complexity index is 409. The quantitative estimate of drug-likeness (QED) is 0.757. The Morgan fingerprint density at radius 2 is 2.27 bits per heavy atom. The van der Waals surface area contributed by atoms with E-state index in [4.69, 9.17) is 4.74 Å². The molecule has 5 nitrogen and oxygen atoms in total. The molecule has 0 aliphatic rings. The summed E-state index contributed by atoms with van der Waals surface area (Å²) in [5.74, 6) is -0.543. The molecule has 0 amide bonds. The first-order chi connectivity index (χ1) is 7.06. The van der Waals surface area contributed by atoms with Gasteiger partial charge in [-0.2, -0.15) is 0 Å². The number of carbonyl (C=O) groups excluding carboxylic acids is 1. The highest BCUT2D eigenvalue weighted by atomic mass is 16.5. The van der Waals surface area contributed by atoms with E-state index in [9.17, 15) is 9.59 Å². The molecule has 82 valence electrons. The van der Waals surface area contributed by atoms with E-state index in [0.717, 1.165) is 0 Å². The van der Waals surface area contributed by atoms with Gasteiger partial charge in [0.2, 0.25) is 0 Å². The lowest BCUT2D eigenvalue weighted by molar-refractivity contribution is 0.0518. The fourth-order valence-electron chi connectivity index (χ4n) is 1.12. The highest BCUT2D eigenvalue weighted by molar-refractivity contribution is 5.86. The van der Waals surface area contributed by atoms with E-state index in [2.05, 4.69) is 9.97 Å². The third-order valence-corrected chi connectivity index (χ3v) is 1.84. The van der Waals surface area contributed by atoms with Gasteiger partial charge in [-0.05, 0) is 6.92 Å². The standard InChI is InChI=1S/C10H14N2O3/c1-4-15-10(14)7-5-11-9(13)8(12-7)6(2)3/h5-6H,4H2,1-3H3,(H,11,13). The van der Waals surface area contributed by atoms with E-state index in [0.29, 0.717) is 5.69 Å². The number of nitrogens with zero attached hydrogens (tertiary/aromatic N) is 1. The molecule has 0 atom stereocenters. The first-order valence-corrected chi connectivity index (χ1v) is 4.83. The minimum Gasteiger partial charge on any atom is -0.461 e. The Kier molecular flexibility index (Phi) is 3.60. The molecule has 1 N–H and O–H groups in total. The van der Waals surface area contributed by atoms with Gasteiger partial charge >= 0.3 is 5.97 Å². The number of nitrogens with one attached hydrogen (secondary N) is 1. The summed E-state index contributed by atoms with van der Waals surface area (Å²) in [6, 6.07) is 0. The summed E-state index contributed by atoms with van der Waals surface area (Å²) >= 11 is 0. The Morgan fingerprint density at radius 3 is 2.80 bits per heavy atom. The van der Waals surface area contributed by atoms with E-state index in [1.165, 1.54) is 6.20 Å². The molecule has 0 spiro atoms. The normalized spacial score (nSPS) is 10.4. The van der Waals surface area contributed by atoms with Gasteiger partial charge in [0.25, 0.3) is 5.56 Å². The molecule has 0 aromatic carbocycles. The molecule has 0 fully saturated rings. The summed E-state index contributed by atoms with van der Waals surface area (Å²) in [4.78, 5) is 29.1. The van der Waals surface area contributed by atoms with Crippen LogP contribution < -0.4 is 5.56 Å². The number of hydrogen-bond donors (Lipinski definition) is 1. The van der Waals surface area contributed by atoms with Crippen LogP contribution in [-0.4, -0.2) is 22.5 Å². The zero-order valence-corrected chi connectivity index (χ0v) is 9.03. The Hall–Kier alpha value is -1.65. The maximum Gasteiger partial charge on any atom is 0.358 e. The number of hydrogen-bond acceptors (Lipinski definition) is 4. The molecule has 1 aromatic rings. The molecule has 1 aromatic heterocycles. The maximum absolute atomic E-state index is 11.3. The summed E-state index contributed by atoms with van der Waals surface area (Å²) in [7, 11) is 0. The molecule has 0 bridgehead atoms. The lowest BCUT2D eigenvalue weighted by Crippen LogP contribution is -2.20. The third kappa shape index (κ3) is 2.65. The van der Waals surface area contributed by atoms with Crippen LogP contribution in [0.1, 0.15) is 42.9 Å². The van der Waals surface area contributed by atoms with Gasteiger partial charge in [-0.15, -0.1) is 0 Å². The Morgan fingerprint density at radius 1 is 1.60 bits per heavy atom. The van der Waals surface area contributed by atoms with Gasteiger partial charge in [0, 0.05) is 12.1 Å². The zero-order valence-electron chi connectivity index (χ0n) is 9.03. The zero-order chi connectivity index (χ0) is 11.4. The SMILES string of the molecule is CCOC(=O)c1c[nH]c(=O)c(C(C)C)n1. The smallest absolute Gasteiger partial charge is 0.358 e. The van der Waals surface area contributed by atoms with Crippen molar-refractivity contribution in [2.75, 3.05) is 6.61 Å². The molecule has 0 saturated carbocycles. The number of ether oxygens (including phenoxy) is 1. The summed E-state index contributed by atoms with van der Waals surface area (Å²) in [6.45, 7) is 5.68. The topological polar surface area (TPSA) is 72.1 Å². The minimum atomic E-state index is -0.518. The molecular formula is C10H14N2O3. The average molecular weight is 210 g/mol. The van der Waals surface area contributed by atoms with E-state index in [-0.39, 0.29) is 23.8 Å². The van der Waals surface area contributed by atoms with Crippen molar-refractivity contribution in [1.29, 1.82) is 0 Å². The van der Waals surface area contributed by atoms with Crippen LogP contribution >= 0.6 is 0 Å². The molecule has 0 aliphatic carbocycles. The first-order valence-electron chi connectivity index (χ1n) is 4.83. The predicted octanol–water partition coefficient (Wildman–Crippen LogP) is 1.07. The highest BCUT2D eigenvalue weighted by Gasteiger charge is 2.13. The van der Waals surface area contributed by atoms with Gasteiger partial charge in [-0.1, -0.05) is 13.8 Å². The van der Waals surface area contributed by atoms with Crippen LogP contribution in [0.3, 0.4) is 0 Å². The molecule has 1 rings (SSSR count). The van der Waals surface area contributed by atoms with E-state index < -0.39 is 5.97 Å². The van der Waals surface area contributed by atoms with Crippen LogP contribution in [0.2, 0.25) is 0 Å². The van der Waals surface area contributed by atoms with E-state index in [1.807, 2.05) is 13.8 Å². The summed E-state index contributed by atoms with van der Waals surface area (Å²) in [6.07, 6.45) is 1.27. The van der Waals surface area contributed by atoms with Crippen LogP contribution in [-0.2, 0) is 4.74 Å². The molecule has 0 aliphatic heterocycles. The Balaban J connectivity index is 3.07. The largest absolute Gasteiger partial charge is 0.461 e. The Labute approximate surface area is 87.5 Å². The second kappa shape index (κ2) is 4.72. The van der Waals surface area contributed by atoms with Crippen LogP contribution in [0.15, 0.2) is 11.0 Å². The predicted molar refractivity (Wildman–Crippen MR) is 54.9 cm³/mol. The average Bonchev–Trinajstić information content (AvgIpc) is 2.18. The second-order valence-corrected chi connectivity index (χ2v) is 3.38. The molecule has 15 heavy (non-hydrogen) atoms. The van der Waals surface area contributed by atoms with Gasteiger partial charge in [0.15, 0.2) is 5.69 Å². The van der Waals surface area contributed by atoms with Crippen molar-refractivity contribution in [3.05, 3.63) is 27.9 Å². The number of esters is 1. The highest BCUT2D eigenvalue weighted by Crippen LogP contribution is 2.06. The van der Waals surface area contributed by atoms with Crippen molar-refractivity contribution in [1.82, 2.24) is 9.97 Å². The number of carbonyl (C=O) groups is 1. The molecule has 0 saturated heterocycles. The monoisotopic (exact) mass is 210 g/mol. The third-order valence-electron chi connectivity index (χ3n) is 1.84. The fraction of sp³-hybridized carbons (Fsp3) is 0.500. The van der Waals surface area contributed by atoms with Crippen LogP contribution in [0.25, 0.3) is 0 Å². The van der Waals surface area contributed by atoms with Crippen molar-refractivity contribution in [2.45, 2.75) is 26.7 Å². The lowest BCUT2D eigenvalue weighted by atomic mass is 10.1. The van der Waals surface area contributed by atoms with Crippen molar-refractivity contribution in [3.8, 4) is 0 Å². The number of rotatable bonds is 3. The first kappa shape index (κ1) is 11.4. The van der Waals surface area contributed by atoms with Crippen molar-refractivity contribution >= 4 is 5.97 Å². The van der Waals surface area contributed by atoms with Crippen LogP contribution in [0.5, 0.6) is 0 Å². The molecule has 0 radical (unpaired) electrons. The fourth-order valence-corrected chi connectivity index (χ4v) is 1.12. The van der Waals surface area contributed by atoms with Gasteiger partial charge in [0.05, 0.1) is 6.61 Å². The summed E-state index contributed by atoms with van der Waals surface area (Å²) < 4.78 is 4.78. The molecule has 1 heterocycles. The van der Waals surface area contributed by atoms with E-state index in [1.54, 1.807) is 6.92 Å². The van der Waals surface area contributed by atoms with Gasteiger partial charge in [0.1, 0.15) is 5.69 Å². The van der Waals surface area contributed by atoms with Crippen LogP contribution in [0, 0.1) is 0 Å². The molecular weight excluding hydrogens is 196 g/mol. The summed E-state index contributed by atoms with van der Waals surface area (Å²) in [5, 5.41) is 0.